The van der Waals surface area contributed by atoms with E-state index in [9.17, 15) is 13.2 Å². The maximum atomic E-state index is 12.5. The van der Waals surface area contributed by atoms with Gasteiger partial charge in [0.1, 0.15) is 5.69 Å². The first-order chi connectivity index (χ1) is 9.47. The molecule has 2 aromatic heterocycles. The summed E-state index contributed by atoms with van der Waals surface area (Å²) in [5.41, 5.74) is 7.48. The second kappa shape index (κ2) is 4.59. The van der Waals surface area contributed by atoms with Gasteiger partial charge in [0.15, 0.2) is 0 Å². The highest BCUT2D eigenvalue weighted by atomic mass is 19.4. The van der Waals surface area contributed by atoms with Crippen LogP contribution in [0.5, 0.6) is 0 Å². The van der Waals surface area contributed by atoms with Crippen molar-refractivity contribution in [3.05, 3.63) is 47.0 Å². The molecule has 3 rings (SSSR count). The van der Waals surface area contributed by atoms with E-state index in [4.69, 9.17) is 5.73 Å². The SMILES string of the molecule is NC(c1ccc(C(F)(F)F)nc1)c1c[nH]nc1C1CC1. The van der Waals surface area contributed by atoms with Crippen LogP contribution in [0.15, 0.2) is 24.5 Å². The van der Waals surface area contributed by atoms with Crippen molar-refractivity contribution in [2.45, 2.75) is 31.0 Å². The van der Waals surface area contributed by atoms with Gasteiger partial charge in [-0.05, 0) is 24.5 Å². The van der Waals surface area contributed by atoms with Crippen LogP contribution in [-0.4, -0.2) is 15.2 Å². The number of pyridine rings is 1. The van der Waals surface area contributed by atoms with Crippen LogP contribution in [0.1, 0.15) is 47.3 Å². The minimum atomic E-state index is -4.43. The second-order valence-corrected chi connectivity index (χ2v) is 4.95. The molecular weight excluding hydrogens is 269 g/mol. The van der Waals surface area contributed by atoms with Crippen LogP contribution in [0.2, 0.25) is 0 Å². The summed E-state index contributed by atoms with van der Waals surface area (Å²) in [6.45, 7) is 0. The molecule has 20 heavy (non-hydrogen) atoms. The first-order valence-electron chi connectivity index (χ1n) is 6.29. The molecule has 3 N–H and O–H groups in total. The monoisotopic (exact) mass is 282 g/mol. The van der Waals surface area contributed by atoms with Gasteiger partial charge in [0.05, 0.1) is 11.7 Å². The van der Waals surface area contributed by atoms with Gasteiger partial charge in [0, 0.05) is 23.9 Å². The van der Waals surface area contributed by atoms with Gasteiger partial charge < -0.3 is 5.73 Å². The summed E-state index contributed by atoms with van der Waals surface area (Å²) in [5.74, 6) is 0.421. The maximum absolute atomic E-state index is 12.5. The van der Waals surface area contributed by atoms with Crippen LogP contribution in [0.4, 0.5) is 13.2 Å². The summed E-state index contributed by atoms with van der Waals surface area (Å²) >= 11 is 0. The van der Waals surface area contributed by atoms with Gasteiger partial charge >= 0.3 is 6.18 Å². The van der Waals surface area contributed by atoms with E-state index in [1.807, 2.05) is 0 Å². The number of aromatic amines is 1. The number of hydrogen-bond acceptors (Lipinski definition) is 3. The van der Waals surface area contributed by atoms with Crippen LogP contribution in [0.3, 0.4) is 0 Å². The second-order valence-electron chi connectivity index (χ2n) is 4.95. The number of H-pyrrole nitrogens is 1. The van der Waals surface area contributed by atoms with E-state index in [2.05, 4.69) is 15.2 Å². The van der Waals surface area contributed by atoms with Gasteiger partial charge in [-0.25, -0.2) is 0 Å². The average molecular weight is 282 g/mol. The molecule has 0 aliphatic heterocycles. The third-order valence-corrected chi connectivity index (χ3v) is 3.44. The highest BCUT2D eigenvalue weighted by Gasteiger charge is 2.33. The van der Waals surface area contributed by atoms with E-state index >= 15 is 0 Å². The number of nitrogens with zero attached hydrogens (tertiary/aromatic N) is 2. The largest absolute Gasteiger partial charge is 0.433 e. The van der Waals surface area contributed by atoms with Crippen molar-refractivity contribution in [1.82, 2.24) is 15.2 Å². The first-order valence-corrected chi connectivity index (χ1v) is 6.29. The number of nitrogens with one attached hydrogen (secondary N) is 1. The molecule has 1 atom stereocenters. The number of nitrogens with two attached hydrogens (primary N) is 1. The normalized spacial score (nSPS) is 17.2. The molecule has 1 aliphatic rings. The predicted molar refractivity (Wildman–Crippen MR) is 65.8 cm³/mol. The number of rotatable bonds is 3. The first kappa shape index (κ1) is 13.1. The molecule has 7 heteroatoms. The quantitative estimate of drug-likeness (QED) is 0.909. The lowest BCUT2D eigenvalue weighted by Crippen LogP contribution is -2.15. The fraction of sp³-hybridized carbons (Fsp3) is 0.385. The molecule has 1 fully saturated rings. The van der Waals surface area contributed by atoms with Crippen molar-refractivity contribution in [2.24, 2.45) is 5.73 Å². The fourth-order valence-corrected chi connectivity index (χ4v) is 2.18. The van der Waals surface area contributed by atoms with Crippen LogP contribution in [0.25, 0.3) is 0 Å². The minimum absolute atomic E-state index is 0.421. The van der Waals surface area contributed by atoms with E-state index in [0.717, 1.165) is 30.2 Å². The van der Waals surface area contributed by atoms with Crippen LogP contribution < -0.4 is 5.73 Å². The zero-order valence-electron chi connectivity index (χ0n) is 10.5. The highest BCUT2D eigenvalue weighted by molar-refractivity contribution is 5.35. The van der Waals surface area contributed by atoms with Gasteiger partial charge in [-0.2, -0.15) is 18.3 Å². The van der Waals surface area contributed by atoms with Crippen LogP contribution in [-0.2, 0) is 6.18 Å². The number of aromatic nitrogens is 3. The Morgan fingerprint density at radius 3 is 2.60 bits per heavy atom. The molecule has 1 aliphatic carbocycles. The Balaban J connectivity index is 1.86. The number of hydrogen-bond donors (Lipinski definition) is 2. The molecule has 106 valence electrons. The number of alkyl halides is 3. The zero-order valence-corrected chi connectivity index (χ0v) is 10.5. The van der Waals surface area contributed by atoms with Crippen molar-refractivity contribution >= 4 is 0 Å². The lowest BCUT2D eigenvalue weighted by atomic mass is 10.00. The van der Waals surface area contributed by atoms with Crippen molar-refractivity contribution in [3.63, 3.8) is 0 Å². The Bertz CT molecular complexity index is 599. The lowest BCUT2D eigenvalue weighted by Gasteiger charge is -2.13. The lowest BCUT2D eigenvalue weighted by molar-refractivity contribution is -0.141. The van der Waals surface area contributed by atoms with Crippen molar-refractivity contribution in [2.75, 3.05) is 0 Å². The predicted octanol–water partition coefficient (Wildman–Crippen LogP) is 2.75. The van der Waals surface area contributed by atoms with Gasteiger partial charge in [-0.3, -0.25) is 10.1 Å². The molecule has 2 aromatic rings. The Morgan fingerprint density at radius 1 is 1.30 bits per heavy atom. The Morgan fingerprint density at radius 2 is 2.05 bits per heavy atom. The van der Waals surface area contributed by atoms with Gasteiger partial charge in [0.25, 0.3) is 0 Å². The Kier molecular flexibility index (Phi) is 3.01. The average Bonchev–Trinajstić information content (AvgIpc) is 3.15. The Labute approximate surface area is 113 Å². The molecule has 0 radical (unpaired) electrons. The molecule has 0 spiro atoms. The van der Waals surface area contributed by atoms with E-state index in [1.165, 1.54) is 12.3 Å². The maximum Gasteiger partial charge on any atom is 0.433 e. The molecule has 1 saturated carbocycles. The van der Waals surface area contributed by atoms with Crippen LogP contribution in [0, 0.1) is 0 Å². The van der Waals surface area contributed by atoms with Crippen LogP contribution >= 0.6 is 0 Å². The zero-order chi connectivity index (χ0) is 14.3. The third-order valence-electron chi connectivity index (χ3n) is 3.44. The van der Waals surface area contributed by atoms with Crippen molar-refractivity contribution in [3.8, 4) is 0 Å². The standard InChI is InChI=1S/C13H13F3N4/c14-13(15,16)10-4-3-8(5-18-10)11(17)9-6-19-20-12(9)7-1-2-7/h3-7,11H,1-2,17H2,(H,19,20). The molecule has 0 aromatic carbocycles. The Hall–Kier alpha value is -1.89. The summed E-state index contributed by atoms with van der Waals surface area (Å²) in [5, 5.41) is 6.95. The molecule has 0 amide bonds. The number of halogens is 3. The molecule has 0 saturated heterocycles. The minimum Gasteiger partial charge on any atom is -0.320 e. The topological polar surface area (TPSA) is 67.6 Å². The fourth-order valence-electron chi connectivity index (χ4n) is 2.18. The summed E-state index contributed by atoms with van der Waals surface area (Å²) in [6, 6.07) is 1.80. The molecular formula is C13H13F3N4. The third kappa shape index (κ3) is 2.40. The smallest absolute Gasteiger partial charge is 0.320 e. The summed E-state index contributed by atoms with van der Waals surface area (Å²) in [7, 11) is 0. The molecule has 4 nitrogen and oxygen atoms in total. The van der Waals surface area contributed by atoms with Gasteiger partial charge in [-0.1, -0.05) is 6.07 Å². The van der Waals surface area contributed by atoms with Crippen molar-refractivity contribution < 1.29 is 13.2 Å². The summed E-state index contributed by atoms with van der Waals surface area (Å²) < 4.78 is 37.4. The van der Waals surface area contributed by atoms with Gasteiger partial charge in [0.2, 0.25) is 0 Å². The van der Waals surface area contributed by atoms with E-state index < -0.39 is 17.9 Å². The highest BCUT2D eigenvalue weighted by Crippen LogP contribution is 2.42. The van der Waals surface area contributed by atoms with Gasteiger partial charge in [-0.15, -0.1) is 0 Å². The molecule has 2 heterocycles. The van der Waals surface area contributed by atoms with Crippen molar-refractivity contribution in [1.29, 1.82) is 0 Å². The van der Waals surface area contributed by atoms with E-state index in [1.54, 1.807) is 6.20 Å². The molecule has 0 bridgehead atoms. The summed E-state index contributed by atoms with van der Waals surface area (Å²) in [6.07, 6.45) is 0.607. The van der Waals surface area contributed by atoms with E-state index in [0.29, 0.717) is 11.5 Å². The summed E-state index contributed by atoms with van der Waals surface area (Å²) in [4.78, 5) is 3.44. The van der Waals surface area contributed by atoms with E-state index in [-0.39, 0.29) is 0 Å². The molecule has 1 unspecified atom stereocenters.